The van der Waals surface area contributed by atoms with Gasteiger partial charge in [0.2, 0.25) is 0 Å². The number of hydrogen-bond acceptors (Lipinski definition) is 3. The second kappa shape index (κ2) is 6.71. The van der Waals surface area contributed by atoms with Crippen LogP contribution in [-0.4, -0.2) is 11.0 Å². The zero-order valence-electron chi connectivity index (χ0n) is 10.1. The van der Waals surface area contributed by atoms with E-state index in [-0.39, 0.29) is 10.6 Å². The molecule has 0 radical (unpaired) electrons. The number of nitro groups is 1. The van der Waals surface area contributed by atoms with Crippen LogP contribution in [0.15, 0.2) is 22.7 Å². The predicted molar refractivity (Wildman–Crippen MR) is 72.0 cm³/mol. The Morgan fingerprint density at radius 1 is 1.53 bits per heavy atom. The van der Waals surface area contributed by atoms with Crippen molar-refractivity contribution in [3.8, 4) is 0 Å². The van der Waals surface area contributed by atoms with Gasteiger partial charge in [0.1, 0.15) is 0 Å². The minimum Gasteiger partial charge on any atom is -0.310 e. The summed E-state index contributed by atoms with van der Waals surface area (Å²) >= 11 is 3.29. The molecule has 0 aromatic heterocycles. The van der Waals surface area contributed by atoms with E-state index >= 15 is 0 Å². The summed E-state index contributed by atoms with van der Waals surface area (Å²) in [5.74, 6) is 0. The van der Waals surface area contributed by atoms with Gasteiger partial charge in [-0.05, 0) is 34.8 Å². The molecular formula is C12H17BrN2O2. The van der Waals surface area contributed by atoms with Gasteiger partial charge < -0.3 is 5.32 Å². The van der Waals surface area contributed by atoms with E-state index in [1.54, 1.807) is 6.07 Å². The summed E-state index contributed by atoms with van der Waals surface area (Å²) in [6.45, 7) is 4.90. The van der Waals surface area contributed by atoms with Gasteiger partial charge in [-0.25, -0.2) is 0 Å². The fourth-order valence-electron chi connectivity index (χ4n) is 1.66. The van der Waals surface area contributed by atoms with Gasteiger partial charge in [-0.15, -0.1) is 0 Å². The SMILES string of the molecule is CCCC(C)NCc1cccc([N+](=O)[O-])c1Br. The Morgan fingerprint density at radius 2 is 2.24 bits per heavy atom. The van der Waals surface area contributed by atoms with Crippen molar-refractivity contribution >= 4 is 21.6 Å². The molecular weight excluding hydrogens is 284 g/mol. The highest BCUT2D eigenvalue weighted by molar-refractivity contribution is 9.10. The van der Waals surface area contributed by atoms with Crippen LogP contribution in [0, 0.1) is 10.1 Å². The zero-order chi connectivity index (χ0) is 12.8. The molecule has 17 heavy (non-hydrogen) atoms. The molecule has 1 atom stereocenters. The zero-order valence-corrected chi connectivity index (χ0v) is 11.7. The van der Waals surface area contributed by atoms with Crippen LogP contribution in [-0.2, 0) is 6.54 Å². The molecule has 1 aromatic carbocycles. The van der Waals surface area contributed by atoms with Crippen molar-refractivity contribution in [1.29, 1.82) is 0 Å². The molecule has 1 N–H and O–H groups in total. The Labute approximate surface area is 110 Å². The molecule has 1 unspecified atom stereocenters. The summed E-state index contributed by atoms with van der Waals surface area (Å²) in [6.07, 6.45) is 2.23. The van der Waals surface area contributed by atoms with Crippen molar-refractivity contribution < 1.29 is 4.92 Å². The van der Waals surface area contributed by atoms with Crippen LogP contribution in [0.4, 0.5) is 5.69 Å². The fraction of sp³-hybridized carbons (Fsp3) is 0.500. The van der Waals surface area contributed by atoms with Crippen molar-refractivity contribution in [2.45, 2.75) is 39.3 Å². The first kappa shape index (κ1) is 14.1. The molecule has 0 saturated heterocycles. The van der Waals surface area contributed by atoms with E-state index in [4.69, 9.17) is 0 Å². The summed E-state index contributed by atoms with van der Waals surface area (Å²) < 4.78 is 0.571. The number of hydrogen-bond donors (Lipinski definition) is 1. The lowest BCUT2D eigenvalue weighted by Crippen LogP contribution is -2.25. The van der Waals surface area contributed by atoms with E-state index in [1.165, 1.54) is 6.07 Å². The first-order valence-electron chi connectivity index (χ1n) is 5.71. The molecule has 4 nitrogen and oxygen atoms in total. The molecule has 0 bridgehead atoms. The van der Waals surface area contributed by atoms with Gasteiger partial charge >= 0.3 is 0 Å². The van der Waals surface area contributed by atoms with Crippen LogP contribution < -0.4 is 5.32 Å². The maximum Gasteiger partial charge on any atom is 0.283 e. The van der Waals surface area contributed by atoms with Crippen molar-refractivity contribution in [2.75, 3.05) is 0 Å². The van der Waals surface area contributed by atoms with Gasteiger partial charge in [-0.1, -0.05) is 25.5 Å². The van der Waals surface area contributed by atoms with Crippen LogP contribution in [0.3, 0.4) is 0 Å². The highest BCUT2D eigenvalue weighted by Gasteiger charge is 2.14. The van der Waals surface area contributed by atoms with E-state index in [9.17, 15) is 10.1 Å². The highest BCUT2D eigenvalue weighted by Crippen LogP contribution is 2.28. The van der Waals surface area contributed by atoms with Gasteiger partial charge in [0.25, 0.3) is 5.69 Å². The van der Waals surface area contributed by atoms with Gasteiger partial charge in [-0.2, -0.15) is 0 Å². The lowest BCUT2D eigenvalue weighted by atomic mass is 10.1. The summed E-state index contributed by atoms with van der Waals surface area (Å²) in [4.78, 5) is 10.4. The van der Waals surface area contributed by atoms with Gasteiger partial charge in [0.15, 0.2) is 0 Å². The third-order valence-electron chi connectivity index (χ3n) is 2.62. The fourth-order valence-corrected chi connectivity index (χ4v) is 2.21. The van der Waals surface area contributed by atoms with Crippen molar-refractivity contribution in [3.63, 3.8) is 0 Å². The number of nitro benzene ring substituents is 1. The predicted octanol–water partition coefficient (Wildman–Crippen LogP) is 3.64. The van der Waals surface area contributed by atoms with Crippen LogP contribution in [0.1, 0.15) is 32.3 Å². The highest BCUT2D eigenvalue weighted by atomic mass is 79.9. The third kappa shape index (κ3) is 4.09. The Morgan fingerprint density at radius 3 is 2.82 bits per heavy atom. The lowest BCUT2D eigenvalue weighted by Gasteiger charge is -2.13. The first-order chi connectivity index (χ1) is 8.06. The molecule has 1 aromatic rings. The number of nitrogens with zero attached hydrogens (tertiary/aromatic N) is 1. The van der Waals surface area contributed by atoms with Gasteiger partial charge in [0.05, 0.1) is 9.40 Å². The summed E-state index contributed by atoms with van der Waals surface area (Å²) in [5.41, 5.74) is 1.04. The number of rotatable bonds is 6. The Bertz CT molecular complexity index is 396. The van der Waals surface area contributed by atoms with E-state index in [2.05, 4.69) is 35.1 Å². The second-order valence-corrected chi connectivity index (χ2v) is 4.87. The summed E-state index contributed by atoms with van der Waals surface area (Å²) in [6, 6.07) is 5.53. The monoisotopic (exact) mass is 300 g/mol. The minimum atomic E-state index is -0.372. The smallest absolute Gasteiger partial charge is 0.283 e. The molecule has 0 aliphatic heterocycles. The Balaban J connectivity index is 2.72. The standard InChI is InChI=1S/C12H17BrN2O2/c1-3-5-9(2)14-8-10-6-4-7-11(12(10)13)15(16)17/h4,6-7,9,14H,3,5,8H2,1-2H3. The maximum absolute atomic E-state index is 10.8. The molecule has 1 rings (SSSR count). The molecule has 0 spiro atoms. The van der Waals surface area contributed by atoms with E-state index in [0.29, 0.717) is 17.1 Å². The molecule has 94 valence electrons. The summed E-state index contributed by atoms with van der Waals surface area (Å²) in [5, 5.41) is 14.1. The lowest BCUT2D eigenvalue weighted by molar-refractivity contribution is -0.385. The van der Waals surface area contributed by atoms with E-state index in [0.717, 1.165) is 18.4 Å². The third-order valence-corrected chi connectivity index (χ3v) is 3.53. The van der Waals surface area contributed by atoms with Crippen LogP contribution >= 0.6 is 15.9 Å². The average Bonchev–Trinajstić information content (AvgIpc) is 2.27. The largest absolute Gasteiger partial charge is 0.310 e. The van der Waals surface area contributed by atoms with Crippen LogP contribution in [0.2, 0.25) is 0 Å². The molecule has 0 aliphatic carbocycles. The quantitative estimate of drug-likeness (QED) is 0.644. The average molecular weight is 301 g/mol. The molecule has 0 heterocycles. The Kier molecular flexibility index (Phi) is 5.58. The minimum absolute atomic E-state index is 0.118. The Hall–Kier alpha value is -0.940. The van der Waals surface area contributed by atoms with Crippen molar-refractivity contribution in [1.82, 2.24) is 5.32 Å². The normalized spacial score (nSPS) is 12.4. The number of nitrogens with one attached hydrogen (secondary N) is 1. The summed E-state index contributed by atoms with van der Waals surface area (Å²) in [7, 11) is 0. The topological polar surface area (TPSA) is 55.2 Å². The molecule has 5 heteroatoms. The molecule has 0 saturated carbocycles. The maximum atomic E-state index is 10.8. The van der Waals surface area contributed by atoms with Crippen molar-refractivity contribution in [2.24, 2.45) is 0 Å². The molecule has 0 amide bonds. The van der Waals surface area contributed by atoms with Gasteiger partial charge in [-0.3, -0.25) is 10.1 Å². The van der Waals surface area contributed by atoms with Crippen LogP contribution in [0.5, 0.6) is 0 Å². The van der Waals surface area contributed by atoms with Gasteiger partial charge in [0, 0.05) is 18.7 Å². The number of benzene rings is 1. The van der Waals surface area contributed by atoms with E-state index in [1.807, 2.05) is 6.07 Å². The second-order valence-electron chi connectivity index (χ2n) is 4.08. The molecule has 0 fully saturated rings. The first-order valence-corrected chi connectivity index (χ1v) is 6.50. The van der Waals surface area contributed by atoms with E-state index < -0.39 is 0 Å². The van der Waals surface area contributed by atoms with Crippen molar-refractivity contribution in [3.05, 3.63) is 38.3 Å². The van der Waals surface area contributed by atoms with Crippen LogP contribution in [0.25, 0.3) is 0 Å². The molecule has 0 aliphatic rings. The number of halogens is 1.